The maximum Gasteiger partial charge on any atom is 0.333 e. The van der Waals surface area contributed by atoms with Gasteiger partial charge < -0.3 is 30.9 Å². The van der Waals surface area contributed by atoms with Crippen molar-refractivity contribution in [3.8, 4) is 0 Å². The molecule has 0 aliphatic rings. The predicted octanol–water partition coefficient (Wildman–Crippen LogP) is -3.52. The molecule has 0 heterocycles. The van der Waals surface area contributed by atoms with Crippen molar-refractivity contribution in [2.75, 3.05) is 6.61 Å². The minimum atomic E-state index is -1.85. The second-order valence-electron chi connectivity index (χ2n) is 3.17. The fourth-order valence-corrected chi connectivity index (χ4v) is 0.897. The SMILES string of the molecule is CC(=O)OC(=O)[C@H](N)[C@@H](O)[C@H](O)[C@H](O)CO. The summed E-state index contributed by atoms with van der Waals surface area (Å²) in [6.45, 7) is 0.155. The molecule has 4 atom stereocenters. The first kappa shape index (κ1) is 14.9. The minimum absolute atomic E-state index is 0.813. The van der Waals surface area contributed by atoms with Crippen LogP contribution in [0.1, 0.15) is 6.92 Å². The van der Waals surface area contributed by atoms with Crippen LogP contribution >= 0.6 is 0 Å². The number of nitrogens with two attached hydrogens (primary N) is 1. The van der Waals surface area contributed by atoms with Gasteiger partial charge in [0.2, 0.25) is 0 Å². The number of esters is 2. The maximum absolute atomic E-state index is 11.0. The Labute approximate surface area is 91.2 Å². The first-order valence-electron chi connectivity index (χ1n) is 4.44. The van der Waals surface area contributed by atoms with E-state index in [0.29, 0.717) is 0 Å². The monoisotopic (exact) mass is 237 g/mol. The second kappa shape index (κ2) is 6.51. The van der Waals surface area contributed by atoms with Crippen LogP contribution in [0.2, 0.25) is 0 Å². The van der Waals surface area contributed by atoms with Gasteiger partial charge in [-0.1, -0.05) is 0 Å². The molecule has 0 aromatic carbocycles. The van der Waals surface area contributed by atoms with Crippen molar-refractivity contribution in [3.63, 3.8) is 0 Å². The summed E-state index contributed by atoms with van der Waals surface area (Å²) >= 11 is 0. The number of carbonyl (C=O) groups is 2. The third-order valence-electron chi connectivity index (χ3n) is 1.82. The molecule has 0 aromatic rings. The molecule has 6 N–H and O–H groups in total. The van der Waals surface area contributed by atoms with Gasteiger partial charge in [-0.05, 0) is 0 Å². The number of hydrogen-bond donors (Lipinski definition) is 5. The highest BCUT2D eigenvalue weighted by molar-refractivity contribution is 5.87. The van der Waals surface area contributed by atoms with Crippen LogP contribution in [-0.2, 0) is 14.3 Å². The predicted molar refractivity (Wildman–Crippen MR) is 49.9 cm³/mol. The van der Waals surface area contributed by atoms with E-state index in [1.807, 2.05) is 0 Å². The van der Waals surface area contributed by atoms with E-state index in [0.717, 1.165) is 6.92 Å². The van der Waals surface area contributed by atoms with Crippen LogP contribution in [-0.4, -0.2) is 63.3 Å². The summed E-state index contributed by atoms with van der Waals surface area (Å²) in [7, 11) is 0. The Morgan fingerprint density at radius 3 is 2.12 bits per heavy atom. The van der Waals surface area contributed by atoms with Crippen molar-refractivity contribution in [1.82, 2.24) is 0 Å². The molecule has 0 aromatic heterocycles. The summed E-state index contributed by atoms with van der Waals surface area (Å²) in [4.78, 5) is 21.4. The Kier molecular flexibility index (Phi) is 6.08. The number of hydrogen-bond acceptors (Lipinski definition) is 8. The molecule has 0 aliphatic heterocycles. The van der Waals surface area contributed by atoms with Crippen molar-refractivity contribution in [2.24, 2.45) is 5.73 Å². The van der Waals surface area contributed by atoms with Gasteiger partial charge in [0.15, 0.2) is 0 Å². The molecule has 8 heteroatoms. The van der Waals surface area contributed by atoms with Crippen LogP contribution in [0.3, 0.4) is 0 Å². The number of aliphatic hydroxyl groups is 4. The smallest absolute Gasteiger partial charge is 0.333 e. The largest absolute Gasteiger partial charge is 0.394 e. The van der Waals surface area contributed by atoms with Crippen LogP contribution < -0.4 is 5.73 Å². The zero-order valence-electron chi connectivity index (χ0n) is 8.61. The van der Waals surface area contributed by atoms with Crippen molar-refractivity contribution in [2.45, 2.75) is 31.3 Å². The van der Waals surface area contributed by atoms with Gasteiger partial charge in [-0.3, -0.25) is 4.79 Å². The van der Waals surface area contributed by atoms with E-state index in [-0.39, 0.29) is 0 Å². The quantitative estimate of drug-likeness (QED) is 0.244. The van der Waals surface area contributed by atoms with E-state index >= 15 is 0 Å². The van der Waals surface area contributed by atoms with E-state index in [1.54, 1.807) is 0 Å². The molecule has 0 spiro atoms. The lowest BCUT2D eigenvalue weighted by atomic mass is 10.0. The second-order valence-corrected chi connectivity index (χ2v) is 3.17. The van der Waals surface area contributed by atoms with Gasteiger partial charge in [0.25, 0.3) is 0 Å². The first-order chi connectivity index (χ1) is 7.31. The lowest BCUT2D eigenvalue weighted by Gasteiger charge is -2.24. The molecule has 0 bridgehead atoms. The molecular weight excluding hydrogens is 222 g/mol. The third kappa shape index (κ3) is 4.21. The van der Waals surface area contributed by atoms with Gasteiger partial charge in [-0.25, -0.2) is 4.79 Å². The zero-order valence-corrected chi connectivity index (χ0v) is 8.61. The molecule has 94 valence electrons. The van der Waals surface area contributed by atoms with Gasteiger partial charge in [-0.2, -0.15) is 0 Å². The maximum atomic E-state index is 11.0. The molecule has 0 radical (unpaired) electrons. The summed E-state index contributed by atoms with van der Waals surface area (Å²) in [5.41, 5.74) is 5.17. The fourth-order valence-electron chi connectivity index (χ4n) is 0.897. The molecule has 0 rings (SSSR count). The normalized spacial score (nSPS) is 18.4. The van der Waals surface area contributed by atoms with Gasteiger partial charge >= 0.3 is 11.9 Å². The zero-order chi connectivity index (χ0) is 12.9. The molecule has 0 amide bonds. The summed E-state index contributed by atoms with van der Waals surface area (Å²) in [6.07, 6.45) is -5.32. The van der Waals surface area contributed by atoms with Crippen molar-refractivity contribution >= 4 is 11.9 Å². The molecule has 0 saturated heterocycles. The molecule has 16 heavy (non-hydrogen) atoms. The van der Waals surface area contributed by atoms with E-state index in [9.17, 15) is 19.8 Å². The lowest BCUT2D eigenvalue weighted by Crippen LogP contribution is -2.53. The summed E-state index contributed by atoms with van der Waals surface area (Å²) < 4.78 is 4.08. The Morgan fingerprint density at radius 1 is 1.25 bits per heavy atom. The average Bonchev–Trinajstić information content (AvgIpc) is 2.23. The van der Waals surface area contributed by atoms with Gasteiger partial charge in [0.1, 0.15) is 24.4 Å². The molecule has 0 aliphatic carbocycles. The van der Waals surface area contributed by atoms with E-state index in [4.69, 9.17) is 15.9 Å². The molecule has 8 nitrogen and oxygen atoms in total. The summed E-state index contributed by atoms with van der Waals surface area (Å²) in [6, 6.07) is -1.69. The number of aliphatic hydroxyl groups excluding tert-OH is 4. The molecule has 0 unspecified atom stereocenters. The van der Waals surface area contributed by atoms with Crippen LogP contribution in [0.4, 0.5) is 0 Å². The average molecular weight is 237 g/mol. The summed E-state index contributed by atoms with van der Waals surface area (Å²) in [5, 5.41) is 36.0. The molecule has 0 saturated carbocycles. The van der Waals surface area contributed by atoms with Gasteiger partial charge in [0, 0.05) is 6.92 Å². The Morgan fingerprint density at radius 2 is 1.75 bits per heavy atom. The number of ether oxygens (including phenoxy) is 1. The van der Waals surface area contributed by atoms with E-state index in [2.05, 4.69) is 4.74 Å². The van der Waals surface area contributed by atoms with Crippen molar-refractivity contribution < 1.29 is 34.8 Å². The standard InChI is InChI=1S/C8H15NO7/c1-3(11)16-8(15)5(9)7(14)6(13)4(12)2-10/h4-7,10,12-14H,2,9H2,1H3/t4-,5-,6-,7-/m1/s1. The van der Waals surface area contributed by atoms with Crippen LogP contribution in [0.25, 0.3) is 0 Å². The van der Waals surface area contributed by atoms with Gasteiger partial charge in [-0.15, -0.1) is 0 Å². The van der Waals surface area contributed by atoms with E-state index in [1.165, 1.54) is 0 Å². The lowest BCUT2D eigenvalue weighted by molar-refractivity contribution is -0.163. The van der Waals surface area contributed by atoms with Crippen LogP contribution in [0, 0.1) is 0 Å². The van der Waals surface area contributed by atoms with Gasteiger partial charge in [0.05, 0.1) is 6.61 Å². The topological polar surface area (TPSA) is 150 Å². The first-order valence-corrected chi connectivity index (χ1v) is 4.44. The highest BCUT2D eigenvalue weighted by atomic mass is 16.6. The summed E-state index contributed by atoms with van der Waals surface area (Å²) in [5.74, 6) is -2.14. The Balaban J connectivity index is 4.42. The Hall–Kier alpha value is -1.06. The van der Waals surface area contributed by atoms with Crippen LogP contribution in [0.15, 0.2) is 0 Å². The number of rotatable bonds is 5. The highest BCUT2D eigenvalue weighted by Crippen LogP contribution is 2.05. The minimum Gasteiger partial charge on any atom is -0.394 e. The van der Waals surface area contributed by atoms with E-state index < -0.39 is 42.9 Å². The van der Waals surface area contributed by atoms with Crippen molar-refractivity contribution in [3.05, 3.63) is 0 Å². The molecular formula is C8H15NO7. The van der Waals surface area contributed by atoms with Crippen molar-refractivity contribution in [1.29, 1.82) is 0 Å². The third-order valence-corrected chi connectivity index (χ3v) is 1.82. The highest BCUT2D eigenvalue weighted by Gasteiger charge is 2.34. The number of carbonyl (C=O) groups excluding carboxylic acids is 2. The van der Waals surface area contributed by atoms with Crippen LogP contribution in [0.5, 0.6) is 0 Å². The fraction of sp³-hybridized carbons (Fsp3) is 0.750. The Bertz CT molecular complexity index is 257. The molecule has 0 fully saturated rings.